The maximum atomic E-state index is 13.1. The van der Waals surface area contributed by atoms with Gasteiger partial charge < -0.3 is 10.1 Å². The van der Waals surface area contributed by atoms with Crippen molar-refractivity contribution in [2.45, 2.75) is 19.4 Å². The maximum absolute atomic E-state index is 13.1. The summed E-state index contributed by atoms with van der Waals surface area (Å²) in [6, 6.07) is 14.5. The fraction of sp³-hybridized carbons (Fsp3) is 0.294. The summed E-state index contributed by atoms with van der Waals surface area (Å²) in [6.07, 6.45) is 1.03. The monoisotopic (exact) mass is 273 g/mol. The normalized spacial score (nSPS) is 12.2. The van der Waals surface area contributed by atoms with Crippen molar-refractivity contribution in [1.29, 1.82) is 0 Å². The Hall–Kier alpha value is -1.87. The number of nitrogens with one attached hydrogen (secondary N) is 1. The molecular formula is C17H20FNO. The van der Waals surface area contributed by atoms with E-state index in [-0.39, 0.29) is 11.9 Å². The smallest absolute Gasteiger partial charge is 0.123 e. The highest BCUT2D eigenvalue weighted by atomic mass is 19.1. The van der Waals surface area contributed by atoms with E-state index in [1.165, 1.54) is 12.1 Å². The first-order valence-electron chi connectivity index (χ1n) is 6.88. The van der Waals surface area contributed by atoms with Crippen LogP contribution >= 0.6 is 0 Å². The van der Waals surface area contributed by atoms with Crippen LogP contribution in [0.25, 0.3) is 0 Å². The summed E-state index contributed by atoms with van der Waals surface area (Å²) >= 11 is 0. The topological polar surface area (TPSA) is 21.3 Å². The van der Waals surface area contributed by atoms with E-state index in [1.807, 2.05) is 36.4 Å². The predicted molar refractivity (Wildman–Crippen MR) is 79.5 cm³/mol. The summed E-state index contributed by atoms with van der Waals surface area (Å²) in [5.74, 6) is 0.619. The summed E-state index contributed by atoms with van der Waals surface area (Å²) < 4.78 is 18.5. The molecule has 0 aliphatic rings. The van der Waals surface area contributed by atoms with E-state index in [0.717, 1.165) is 29.8 Å². The highest BCUT2D eigenvalue weighted by Gasteiger charge is 2.17. The number of hydrogen-bond donors (Lipinski definition) is 1. The highest BCUT2D eigenvalue weighted by molar-refractivity contribution is 5.41. The van der Waals surface area contributed by atoms with E-state index in [2.05, 4.69) is 12.2 Å². The molecule has 2 aromatic rings. The van der Waals surface area contributed by atoms with E-state index in [4.69, 9.17) is 4.74 Å². The SMILES string of the molecule is CCCNC(c1ccc(F)cc1)c1ccccc1OC. The summed E-state index contributed by atoms with van der Waals surface area (Å²) in [5.41, 5.74) is 2.10. The number of halogens is 1. The molecule has 1 atom stereocenters. The third kappa shape index (κ3) is 3.36. The van der Waals surface area contributed by atoms with Gasteiger partial charge in [0.1, 0.15) is 11.6 Å². The minimum Gasteiger partial charge on any atom is -0.496 e. The first kappa shape index (κ1) is 14.5. The Balaban J connectivity index is 2.38. The van der Waals surface area contributed by atoms with Crippen molar-refractivity contribution in [2.75, 3.05) is 13.7 Å². The molecule has 0 aromatic heterocycles. The molecule has 2 rings (SSSR count). The molecule has 0 aliphatic heterocycles. The molecule has 0 spiro atoms. The molecule has 0 aliphatic carbocycles. The van der Waals surface area contributed by atoms with Crippen molar-refractivity contribution >= 4 is 0 Å². The van der Waals surface area contributed by atoms with Crippen LogP contribution in [-0.2, 0) is 0 Å². The molecule has 0 fully saturated rings. The predicted octanol–water partition coefficient (Wildman–Crippen LogP) is 3.92. The summed E-state index contributed by atoms with van der Waals surface area (Å²) in [7, 11) is 1.67. The zero-order valence-corrected chi connectivity index (χ0v) is 11.9. The lowest BCUT2D eigenvalue weighted by Gasteiger charge is -2.21. The average Bonchev–Trinajstić information content (AvgIpc) is 2.50. The second-order valence-corrected chi connectivity index (χ2v) is 4.68. The Morgan fingerprint density at radius 2 is 1.80 bits per heavy atom. The van der Waals surface area contributed by atoms with E-state index in [1.54, 1.807) is 7.11 Å². The Kier molecular flexibility index (Phi) is 5.13. The molecule has 1 N–H and O–H groups in total. The van der Waals surface area contributed by atoms with Gasteiger partial charge in [-0.2, -0.15) is 0 Å². The molecule has 106 valence electrons. The molecule has 0 heterocycles. The Morgan fingerprint density at radius 3 is 2.45 bits per heavy atom. The van der Waals surface area contributed by atoms with Crippen LogP contribution in [-0.4, -0.2) is 13.7 Å². The van der Waals surface area contributed by atoms with Crippen LogP contribution in [0.4, 0.5) is 4.39 Å². The Labute approximate surface area is 119 Å². The van der Waals surface area contributed by atoms with Crippen LogP contribution in [0.15, 0.2) is 48.5 Å². The minimum absolute atomic E-state index is 0.00620. The maximum Gasteiger partial charge on any atom is 0.123 e. The number of ether oxygens (including phenoxy) is 1. The van der Waals surface area contributed by atoms with E-state index in [9.17, 15) is 4.39 Å². The van der Waals surface area contributed by atoms with E-state index >= 15 is 0 Å². The molecule has 2 aromatic carbocycles. The van der Waals surface area contributed by atoms with Crippen LogP contribution < -0.4 is 10.1 Å². The lowest BCUT2D eigenvalue weighted by molar-refractivity contribution is 0.404. The number of rotatable bonds is 6. The van der Waals surface area contributed by atoms with Crippen molar-refractivity contribution < 1.29 is 9.13 Å². The van der Waals surface area contributed by atoms with Gasteiger partial charge in [0.05, 0.1) is 13.2 Å². The Bertz CT molecular complexity index is 539. The van der Waals surface area contributed by atoms with Gasteiger partial charge in [-0.1, -0.05) is 37.3 Å². The molecule has 0 saturated heterocycles. The number of hydrogen-bond acceptors (Lipinski definition) is 2. The van der Waals surface area contributed by atoms with Crippen LogP contribution in [0.3, 0.4) is 0 Å². The van der Waals surface area contributed by atoms with Crippen molar-refractivity contribution in [3.05, 3.63) is 65.5 Å². The van der Waals surface area contributed by atoms with Crippen molar-refractivity contribution in [3.8, 4) is 5.75 Å². The zero-order valence-electron chi connectivity index (χ0n) is 11.9. The fourth-order valence-corrected chi connectivity index (χ4v) is 2.26. The van der Waals surface area contributed by atoms with Crippen LogP contribution in [0.1, 0.15) is 30.5 Å². The molecular weight excluding hydrogens is 253 g/mol. The zero-order chi connectivity index (χ0) is 14.4. The molecule has 0 bridgehead atoms. The van der Waals surface area contributed by atoms with Crippen LogP contribution in [0.2, 0.25) is 0 Å². The van der Waals surface area contributed by atoms with Gasteiger partial charge in [0, 0.05) is 5.56 Å². The first-order chi connectivity index (χ1) is 9.76. The van der Waals surface area contributed by atoms with E-state index < -0.39 is 0 Å². The van der Waals surface area contributed by atoms with Gasteiger partial charge in [-0.15, -0.1) is 0 Å². The Morgan fingerprint density at radius 1 is 1.10 bits per heavy atom. The first-order valence-corrected chi connectivity index (χ1v) is 6.88. The third-order valence-electron chi connectivity index (χ3n) is 3.25. The lowest BCUT2D eigenvalue weighted by Crippen LogP contribution is -2.23. The van der Waals surface area contributed by atoms with Gasteiger partial charge in [-0.25, -0.2) is 4.39 Å². The summed E-state index contributed by atoms with van der Waals surface area (Å²) in [4.78, 5) is 0. The second-order valence-electron chi connectivity index (χ2n) is 4.68. The van der Waals surface area contributed by atoms with Crippen molar-refractivity contribution in [2.24, 2.45) is 0 Å². The molecule has 2 nitrogen and oxygen atoms in total. The number of methoxy groups -OCH3 is 1. The fourth-order valence-electron chi connectivity index (χ4n) is 2.26. The lowest BCUT2D eigenvalue weighted by atomic mass is 9.97. The van der Waals surface area contributed by atoms with E-state index in [0.29, 0.717) is 0 Å². The number of benzene rings is 2. The average molecular weight is 273 g/mol. The van der Waals surface area contributed by atoms with Gasteiger partial charge in [0.15, 0.2) is 0 Å². The standard InChI is InChI=1S/C17H20FNO/c1-3-12-19-17(13-8-10-14(18)11-9-13)15-6-4-5-7-16(15)20-2/h4-11,17,19H,3,12H2,1-2H3. The molecule has 0 saturated carbocycles. The largest absolute Gasteiger partial charge is 0.496 e. The molecule has 0 amide bonds. The van der Waals surface area contributed by atoms with Crippen LogP contribution in [0, 0.1) is 5.82 Å². The summed E-state index contributed by atoms with van der Waals surface area (Å²) in [5, 5.41) is 3.49. The molecule has 0 radical (unpaired) electrons. The van der Waals surface area contributed by atoms with Gasteiger partial charge in [-0.3, -0.25) is 0 Å². The summed E-state index contributed by atoms with van der Waals surface area (Å²) in [6.45, 7) is 3.01. The highest BCUT2D eigenvalue weighted by Crippen LogP contribution is 2.29. The van der Waals surface area contributed by atoms with Gasteiger partial charge in [0.2, 0.25) is 0 Å². The van der Waals surface area contributed by atoms with Crippen molar-refractivity contribution in [3.63, 3.8) is 0 Å². The molecule has 3 heteroatoms. The molecule has 20 heavy (non-hydrogen) atoms. The van der Waals surface area contributed by atoms with Gasteiger partial charge in [-0.05, 0) is 36.7 Å². The quantitative estimate of drug-likeness (QED) is 0.861. The third-order valence-corrected chi connectivity index (χ3v) is 3.25. The number of para-hydroxylation sites is 1. The van der Waals surface area contributed by atoms with Gasteiger partial charge in [0.25, 0.3) is 0 Å². The van der Waals surface area contributed by atoms with Gasteiger partial charge >= 0.3 is 0 Å². The second kappa shape index (κ2) is 7.06. The molecule has 1 unspecified atom stereocenters. The van der Waals surface area contributed by atoms with Crippen LogP contribution in [0.5, 0.6) is 5.75 Å². The van der Waals surface area contributed by atoms with Crippen molar-refractivity contribution in [1.82, 2.24) is 5.32 Å². The minimum atomic E-state index is -0.219.